The van der Waals surface area contributed by atoms with Gasteiger partial charge in [0.05, 0.1) is 17.5 Å². The lowest BCUT2D eigenvalue weighted by atomic mass is 10.2. The Labute approximate surface area is 127 Å². The monoisotopic (exact) mass is 307 g/mol. The van der Waals surface area contributed by atoms with Gasteiger partial charge in [0.2, 0.25) is 0 Å². The topological polar surface area (TPSA) is 27.6 Å². The predicted octanol–water partition coefficient (Wildman–Crippen LogP) is 4.22. The van der Waals surface area contributed by atoms with Crippen molar-refractivity contribution in [2.24, 2.45) is 5.10 Å². The van der Waals surface area contributed by atoms with Crippen LogP contribution in [0, 0.1) is 0 Å². The van der Waals surface area contributed by atoms with E-state index in [0.29, 0.717) is 0 Å². The molecule has 0 fully saturated rings. The first-order valence-corrected chi connectivity index (χ1v) is 6.60. The summed E-state index contributed by atoms with van der Waals surface area (Å²) in [7, 11) is 3.89. The maximum absolute atomic E-state index is 12.6. The molecule has 0 heterocycles. The predicted molar refractivity (Wildman–Crippen MR) is 83.4 cm³/mol. The highest BCUT2D eigenvalue weighted by atomic mass is 19.4. The molecule has 22 heavy (non-hydrogen) atoms. The highest BCUT2D eigenvalue weighted by Crippen LogP contribution is 2.30. The van der Waals surface area contributed by atoms with Crippen LogP contribution < -0.4 is 10.3 Å². The molecule has 0 saturated heterocycles. The summed E-state index contributed by atoms with van der Waals surface area (Å²) in [6, 6.07) is 12.5. The maximum Gasteiger partial charge on any atom is 0.416 e. The minimum absolute atomic E-state index is 0.288. The summed E-state index contributed by atoms with van der Waals surface area (Å²) < 4.78 is 37.8. The number of rotatable bonds is 4. The molecule has 3 nitrogen and oxygen atoms in total. The Morgan fingerprint density at radius 1 is 1.05 bits per heavy atom. The molecule has 6 heteroatoms. The van der Waals surface area contributed by atoms with Gasteiger partial charge in [-0.3, -0.25) is 5.43 Å². The molecule has 0 saturated carbocycles. The quantitative estimate of drug-likeness (QED) is 0.676. The molecule has 0 atom stereocenters. The third kappa shape index (κ3) is 4.25. The first-order chi connectivity index (χ1) is 10.4. The van der Waals surface area contributed by atoms with Gasteiger partial charge in [0.15, 0.2) is 0 Å². The highest BCUT2D eigenvalue weighted by Gasteiger charge is 2.30. The third-order valence-electron chi connectivity index (χ3n) is 3.01. The molecule has 1 N–H and O–H groups in total. The van der Waals surface area contributed by atoms with Gasteiger partial charge in [-0.05, 0) is 35.9 Å². The van der Waals surface area contributed by atoms with Gasteiger partial charge in [0.1, 0.15) is 0 Å². The van der Waals surface area contributed by atoms with E-state index in [9.17, 15) is 13.2 Å². The van der Waals surface area contributed by atoms with Crippen LogP contribution in [0.1, 0.15) is 11.1 Å². The van der Waals surface area contributed by atoms with Crippen LogP contribution in [0.3, 0.4) is 0 Å². The zero-order chi connectivity index (χ0) is 16.2. The second-order valence-corrected chi connectivity index (χ2v) is 4.93. The average Bonchev–Trinajstić information content (AvgIpc) is 2.47. The zero-order valence-corrected chi connectivity index (χ0v) is 12.2. The lowest BCUT2D eigenvalue weighted by molar-refractivity contribution is -0.137. The van der Waals surface area contributed by atoms with Crippen LogP contribution in [0.2, 0.25) is 0 Å². The molecular weight excluding hydrogens is 291 g/mol. The number of nitrogens with one attached hydrogen (secondary N) is 1. The number of hydrogen-bond acceptors (Lipinski definition) is 3. The molecule has 0 aliphatic carbocycles. The summed E-state index contributed by atoms with van der Waals surface area (Å²) >= 11 is 0. The number of nitrogens with zero attached hydrogens (tertiary/aromatic N) is 2. The number of anilines is 2. The Kier molecular flexibility index (Phi) is 4.70. The molecule has 0 aliphatic heterocycles. The van der Waals surface area contributed by atoms with E-state index >= 15 is 0 Å². The second-order valence-electron chi connectivity index (χ2n) is 4.93. The highest BCUT2D eigenvalue weighted by molar-refractivity contribution is 5.81. The van der Waals surface area contributed by atoms with Gasteiger partial charge >= 0.3 is 6.18 Å². The summed E-state index contributed by atoms with van der Waals surface area (Å²) in [5.41, 5.74) is 4.09. The lowest BCUT2D eigenvalue weighted by Gasteiger charge is -2.11. The van der Waals surface area contributed by atoms with Crippen LogP contribution in [0.4, 0.5) is 24.5 Å². The van der Waals surface area contributed by atoms with Crippen LogP contribution in [0.15, 0.2) is 53.6 Å². The first-order valence-electron chi connectivity index (χ1n) is 6.60. The molecule has 0 radical (unpaired) electrons. The van der Waals surface area contributed by atoms with Crippen molar-refractivity contribution < 1.29 is 13.2 Å². The third-order valence-corrected chi connectivity index (χ3v) is 3.01. The van der Waals surface area contributed by atoms with Crippen LogP contribution >= 0.6 is 0 Å². The molecule has 0 aromatic heterocycles. The second kappa shape index (κ2) is 6.51. The SMILES string of the molecule is CN(C)c1ccc(C=NNc2cccc(C(F)(F)F)c2)cc1. The first kappa shape index (κ1) is 15.9. The summed E-state index contributed by atoms with van der Waals surface area (Å²) in [6.07, 6.45) is -2.80. The molecule has 2 aromatic carbocycles. The number of benzene rings is 2. The Morgan fingerprint density at radius 2 is 1.73 bits per heavy atom. The standard InChI is InChI=1S/C16H16F3N3/c1-22(2)15-8-6-12(7-9-15)11-20-21-14-5-3-4-13(10-14)16(17,18)19/h3-11,21H,1-2H3. The number of alkyl halides is 3. The van der Waals surface area contributed by atoms with Gasteiger partial charge in [-0.1, -0.05) is 18.2 Å². The van der Waals surface area contributed by atoms with Crippen molar-refractivity contribution in [3.63, 3.8) is 0 Å². The van der Waals surface area contributed by atoms with Gasteiger partial charge in [-0.2, -0.15) is 18.3 Å². The van der Waals surface area contributed by atoms with Gasteiger partial charge in [0.25, 0.3) is 0 Å². The minimum Gasteiger partial charge on any atom is -0.378 e. The molecule has 116 valence electrons. The molecule has 0 unspecified atom stereocenters. The van der Waals surface area contributed by atoms with Gasteiger partial charge in [-0.15, -0.1) is 0 Å². The van der Waals surface area contributed by atoms with E-state index in [1.807, 2.05) is 43.3 Å². The summed E-state index contributed by atoms with van der Waals surface area (Å²) in [5, 5.41) is 3.95. The summed E-state index contributed by atoms with van der Waals surface area (Å²) in [5.74, 6) is 0. The molecular formula is C16H16F3N3. The van der Waals surface area contributed by atoms with E-state index in [4.69, 9.17) is 0 Å². The number of hydrogen-bond donors (Lipinski definition) is 1. The van der Waals surface area contributed by atoms with E-state index in [2.05, 4.69) is 10.5 Å². The van der Waals surface area contributed by atoms with Gasteiger partial charge in [0, 0.05) is 19.8 Å². The van der Waals surface area contributed by atoms with E-state index in [0.717, 1.165) is 23.4 Å². The van der Waals surface area contributed by atoms with Crippen molar-refractivity contribution in [1.29, 1.82) is 0 Å². The van der Waals surface area contributed by atoms with Gasteiger partial charge < -0.3 is 4.90 Å². The van der Waals surface area contributed by atoms with Crippen LogP contribution in [-0.4, -0.2) is 20.3 Å². The Balaban J connectivity index is 2.03. The summed E-state index contributed by atoms with van der Waals surface area (Å²) in [6.45, 7) is 0. The Morgan fingerprint density at radius 3 is 2.32 bits per heavy atom. The lowest BCUT2D eigenvalue weighted by Crippen LogP contribution is -2.08. The number of hydrazone groups is 1. The van der Waals surface area contributed by atoms with Crippen LogP contribution in [0.25, 0.3) is 0 Å². The average molecular weight is 307 g/mol. The zero-order valence-electron chi connectivity index (χ0n) is 12.2. The molecule has 0 bridgehead atoms. The fourth-order valence-corrected chi connectivity index (χ4v) is 1.80. The van der Waals surface area contributed by atoms with Crippen molar-refractivity contribution in [3.05, 3.63) is 59.7 Å². The van der Waals surface area contributed by atoms with Crippen LogP contribution in [0.5, 0.6) is 0 Å². The molecule has 2 rings (SSSR count). The fraction of sp³-hybridized carbons (Fsp3) is 0.188. The molecule has 0 spiro atoms. The van der Waals surface area contributed by atoms with Crippen molar-refractivity contribution in [3.8, 4) is 0 Å². The van der Waals surface area contributed by atoms with Crippen molar-refractivity contribution in [2.75, 3.05) is 24.4 Å². The normalized spacial score (nSPS) is 11.7. The Hall–Kier alpha value is -2.50. The largest absolute Gasteiger partial charge is 0.416 e. The smallest absolute Gasteiger partial charge is 0.378 e. The van der Waals surface area contributed by atoms with E-state index in [-0.39, 0.29) is 5.69 Å². The minimum atomic E-state index is -4.36. The van der Waals surface area contributed by atoms with Crippen molar-refractivity contribution in [2.45, 2.75) is 6.18 Å². The number of halogens is 3. The van der Waals surface area contributed by atoms with Crippen molar-refractivity contribution >= 4 is 17.6 Å². The summed E-state index contributed by atoms with van der Waals surface area (Å²) in [4.78, 5) is 1.97. The fourth-order valence-electron chi connectivity index (χ4n) is 1.80. The van der Waals surface area contributed by atoms with E-state index < -0.39 is 11.7 Å². The van der Waals surface area contributed by atoms with Crippen molar-refractivity contribution in [1.82, 2.24) is 0 Å². The van der Waals surface area contributed by atoms with Crippen LogP contribution in [-0.2, 0) is 6.18 Å². The van der Waals surface area contributed by atoms with E-state index in [1.54, 1.807) is 6.21 Å². The van der Waals surface area contributed by atoms with Gasteiger partial charge in [-0.25, -0.2) is 0 Å². The Bertz CT molecular complexity index is 646. The molecule has 0 amide bonds. The molecule has 2 aromatic rings. The van der Waals surface area contributed by atoms with E-state index in [1.165, 1.54) is 12.1 Å². The maximum atomic E-state index is 12.6. The molecule has 0 aliphatic rings.